The van der Waals surface area contributed by atoms with E-state index in [1.54, 1.807) is 7.11 Å². The van der Waals surface area contributed by atoms with E-state index in [2.05, 4.69) is 24.3 Å². The number of hydrogen-bond donors (Lipinski definition) is 0. The fourth-order valence-corrected chi connectivity index (χ4v) is 2.49. The van der Waals surface area contributed by atoms with E-state index in [1.165, 1.54) is 11.1 Å². The van der Waals surface area contributed by atoms with Gasteiger partial charge in [-0.25, -0.2) is 0 Å². The molecule has 0 aliphatic rings. The van der Waals surface area contributed by atoms with E-state index in [0.29, 0.717) is 0 Å². The largest absolute Gasteiger partial charge is 0.497 e. The lowest BCUT2D eigenvalue weighted by Crippen LogP contribution is -1.98. The molecule has 0 heterocycles. The predicted molar refractivity (Wildman–Crippen MR) is 95.3 cm³/mol. The molecule has 0 radical (unpaired) electrons. The maximum Gasteiger partial charge on any atom is 0.118 e. The van der Waals surface area contributed by atoms with Gasteiger partial charge in [-0.05, 0) is 41.0 Å². The lowest BCUT2D eigenvalue weighted by molar-refractivity contribution is 0.415. The van der Waals surface area contributed by atoms with Crippen molar-refractivity contribution in [3.05, 3.63) is 102 Å². The van der Waals surface area contributed by atoms with Gasteiger partial charge in [0.1, 0.15) is 5.75 Å². The van der Waals surface area contributed by atoms with E-state index >= 15 is 0 Å². The van der Waals surface area contributed by atoms with Crippen molar-refractivity contribution in [2.75, 3.05) is 7.11 Å². The summed E-state index contributed by atoms with van der Waals surface area (Å²) in [6, 6.07) is 28.6. The molecule has 0 N–H and O–H groups in total. The number of methoxy groups -OCH3 is 1. The third-order valence-electron chi connectivity index (χ3n) is 3.72. The van der Waals surface area contributed by atoms with Gasteiger partial charge in [-0.1, -0.05) is 60.7 Å². The lowest BCUT2D eigenvalue weighted by Gasteiger charge is -2.13. The molecule has 0 spiro atoms. The molecule has 0 saturated carbocycles. The van der Waals surface area contributed by atoms with E-state index in [1.807, 2.05) is 66.9 Å². The fraction of sp³-hybridized carbons (Fsp3) is 0.0952. The van der Waals surface area contributed by atoms with Gasteiger partial charge in [-0.2, -0.15) is 0 Å². The van der Waals surface area contributed by atoms with Gasteiger partial charge in [0, 0.05) is 6.21 Å². The molecule has 3 aromatic rings. The number of aliphatic imine (C=N–C) groups is 1. The van der Waals surface area contributed by atoms with Crippen LogP contribution >= 0.6 is 0 Å². The third kappa shape index (κ3) is 3.86. The van der Waals surface area contributed by atoms with Crippen LogP contribution < -0.4 is 4.74 Å². The van der Waals surface area contributed by atoms with Gasteiger partial charge in [-0.15, -0.1) is 0 Å². The van der Waals surface area contributed by atoms with Crippen LogP contribution in [0, 0.1) is 0 Å². The summed E-state index contributed by atoms with van der Waals surface area (Å²) < 4.78 is 5.19. The zero-order valence-corrected chi connectivity index (χ0v) is 13.1. The SMILES string of the molecule is COc1ccc(C=NC(c2ccccc2)c2ccccc2)cc1. The number of benzene rings is 3. The molecule has 2 heteroatoms. The standard InChI is InChI=1S/C21H19NO/c1-23-20-14-12-17(13-15-20)16-22-21(18-8-4-2-5-9-18)19-10-6-3-7-11-19/h2-16,21H,1H3. The number of hydrogen-bond acceptors (Lipinski definition) is 2. The Kier molecular flexibility index (Phi) is 4.85. The summed E-state index contributed by atoms with van der Waals surface area (Å²) in [6.07, 6.45) is 1.92. The van der Waals surface area contributed by atoms with Gasteiger partial charge in [0.05, 0.1) is 13.2 Å². The Hall–Kier alpha value is -2.87. The highest BCUT2D eigenvalue weighted by molar-refractivity contribution is 5.80. The average molecular weight is 301 g/mol. The smallest absolute Gasteiger partial charge is 0.118 e. The highest BCUT2D eigenvalue weighted by Gasteiger charge is 2.11. The van der Waals surface area contributed by atoms with Crippen molar-refractivity contribution in [3.8, 4) is 5.75 Å². The molecule has 0 saturated heterocycles. The monoisotopic (exact) mass is 301 g/mol. The number of nitrogens with zero attached hydrogens (tertiary/aromatic N) is 1. The second kappa shape index (κ2) is 7.41. The van der Waals surface area contributed by atoms with Crippen molar-refractivity contribution in [2.24, 2.45) is 4.99 Å². The van der Waals surface area contributed by atoms with Crippen LogP contribution in [0.1, 0.15) is 22.7 Å². The van der Waals surface area contributed by atoms with Gasteiger partial charge in [-0.3, -0.25) is 4.99 Å². The Balaban J connectivity index is 1.91. The number of ether oxygens (including phenoxy) is 1. The topological polar surface area (TPSA) is 21.6 Å². The van der Waals surface area contributed by atoms with Crippen LogP contribution in [0.5, 0.6) is 5.75 Å². The van der Waals surface area contributed by atoms with Crippen molar-refractivity contribution < 1.29 is 4.74 Å². The Morgan fingerprint density at radius 1 is 0.739 bits per heavy atom. The Morgan fingerprint density at radius 2 is 1.26 bits per heavy atom. The molecular weight excluding hydrogens is 282 g/mol. The predicted octanol–water partition coefficient (Wildman–Crippen LogP) is 4.90. The lowest BCUT2D eigenvalue weighted by atomic mass is 9.99. The van der Waals surface area contributed by atoms with E-state index in [9.17, 15) is 0 Å². The molecular formula is C21H19NO. The fourth-order valence-electron chi connectivity index (χ4n) is 2.49. The quantitative estimate of drug-likeness (QED) is 0.614. The average Bonchev–Trinajstić information content (AvgIpc) is 2.64. The minimum atomic E-state index is -0.000461. The summed E-state index contributed by atoms with van der Waals surface area (Å²) in [5.41, 5.74) is 3.43. The van der Waals surface area contributed by atoms with Gasteiger partial charge in [0.15, 0.2) is 0 Å². The summed E-state index contributed by atoms with van der Waals surface area (Å²) in [7, 11) is 1.67. The Labute approximate surface area is 137 Å². The second-order valence-electron chi connectivity index (χ2n) is 5.28. The van der Waals surface area contributed by atoms with Crippen molar-refractivity contribution in [1.29, 1.82) is 0 Å². The van der Waals surface area contributed by atoms with Gasteiger partial charge < -0.3 is 4.74 Å². The van der Waals surface area contributed by atoms with Gasteiger partial charge >= 0.3 is 0 Å². The highest BCUT2D eigenvalue weighted by atomic mass is 16.5. The highest BCUT2D eigenvalue weighted by Crippen LogP contribution is 2.25. The minimum absolute atomic E-state index is 0.000461. The molecule has 23 heavy (non-hydrogen) atoms. The molecule has 3 aromatic carbocycles. The summed E-state index contributed by atoms with van der Waals surface area (Å²) in [5, 5.41) is 0. The normalized spacial score (nSPS) is 11.0. The summed E-state index contributed by atoms with van der Waals surface area (Å²) in [6.45, 7) is 0. The van der Waals surface area contributed by atoms with Crippen LogP contribution in [0.15, 0.2) is 89.9 Å². The maximum absolute atomic E-state index is 5.19. The van der Waals surface area contributed by atoms with E-state index < -0.39 is 0 Å². The molecule has 0 amide bonds. The van der Waals surface area contributed by atoms with Crippen LogP contribution in [0.3, 0.4) is 0 Å². The van der Waals surface area contributed by atoms with Crippen molar-refractivity contribution >= 4 is 6.21 Å². The molecule has 0 aliphatic carbocycles. The zero-order chi connectivity index (χ0) is 15.9. The minimum Gasteiger partial charge on any atom is -0.497 e. The molecule has 2 nitrogen and oxygen atoms in total. The molecule has 0 unspecified atom stereocenters. The summed E-state index contributed by atoms with van der Waals surface area (Å²) in [4.78, 5) is 4.82. The molecule has 0 atom stereocenters. The molecule has 0 aliphatic heterocycles. The third-order valence-corrected chi connectivity index (χ3v) is 3.72. The summed E-state index contributed by atoms with van der Waals surface area (Å²) in [5.74, 6) is 0.852. The van der Waals surface area contributed by atoms with Gasteiger partial charge in [0.2, 0.25) is 0 Å². The van der Waals surface area contributed by atoms with Crippen molar-refractivity contribution in [2.45, 2.75) is 6.04 Å². The Bertz CT molecular complexity index is 709. The molecule has 0 aromatic heterocycles. The van der Waals surface area contributed by atoms with E-state index in [-0.39, 0.29) is 6.04 Å². The van der Waals surface area contributed by atoms with Gasteiger partial charge in [0.25, 0.3) is 0 Å². The van der Waals surface area contributed by atoms with Crippen molar-refractivity contribution in [3.63, 3.8) is 0 Å². The van der Waals surface area contributed by atoms with Crippen LogP contribution in [-0.4, -0.2) is 13.3 Å². The first-order valence-electron chi connectivity index (χ1n) is 7.64. The Morgan fingerprint density at radius 3 is 1.74 bits per heavy atom. The molecule has 114 valence electrons. The molecule has 0 fully saturated rings. The van der Waals surface area contributed by atoms with E-state index in [0.717, 1.165) is 11.3 Å². The van der Waals surface area contributed by atoms with E-state index in [4.69, 9.17) is 9.73 Å². The first kappa shape index (κ1) is 15.0. The van der Waals surface area contributed by atoms with Crippen LogP contribution in [0.25, 0.3) is 0 Å². The number of rotatable bonds is 5. The maximum atomic E-state index is 5.19. The second-order valence-corrected chi connectivity index (χ2v) is 5.28. The van der Waals surface area contributed by atoms with Crippen LogP contribution in [-0.2, 0) is 0 Å². The van der Waals surface area contributed by atoms with Crippen LogP contribution in [0.4, 0.5) is 0 Å². The molecule has 0 bridgehead atoms. The first-order valence-corrected chi connectivity index (χ1v) is 7.64. The summed E-state index contributed by atoms with van der Waals surface area (Å²) >= 11 is 0. The molecule has 3 rings (SSSR count). The van der Waals surface area contributed by atoms with Crippen molar-refractivity contribution in [1.82, 2.24) is 0 Å². The zero-order valence-electron chi connectivity index (χ0n) is 13.1. The van der Waals surface area contributed by atoms with Crippen LogP contribution in [0.2, 0.25) is 0 Å². The first-order chi connectivity index (χ1) is 11.4.